The number of anilines is 1. The number of hydrogen-bond donors (Lipinski definition) is 3. The number of carbonyl (C=O) groups excluding carboxylic acids is 2. The molecule has 0 bridgehead atoms. The number of aliphatic hydroxyl groups excluding tert-OH is 2. The van der Waals surface area contributed by atoms with Crippen LogP contribution < -0.4 is 9.64 Å². The lowest BCUT2D eigenvalue weighted by Gasteiger charge is -2.36. The normalized spacial score (nSPS) is 21.7. The second-order valence-corrected chi connectivity index (χ2v) is 10.8. The van der Waals surface area contributed by atoms with Gasteiger partial charge >= 0.3 is 0 Å². The number of phenols is 1. The fourth-order valence-corrected chi connectivity index (χ4v) is 6.06. The SMILES string of the molecule is C/C(=C\c1ccc(O)cc1)CC[C@@H](O)C1=C(COc2ccccc2)C[C@H]2C(=O)N(c3ccccc3)C(=O)[C@H]2[C@H]1CO. The van der Waals surface area contributed by atoms with E-state index in [0.717, 1.165) is 16.7 Å². The molecule has 3 aromatic rings. The van der Waals surface area contributed by atoms with Crippen molar-refractivity contribution in [3.05, 3.63) is 107 Å². The monoisotopic (exact) mass is 553 g/mol. The van der Waals surface area contributed by atoms with Crippen molar-refractivity contribution in [3.8, 4) is 11.5 Å². The first-order valence-corrected chi connectivity index (χ1v) is 13.9. The number of nitrogens with zero attached hydrogens (tertiary/aromatic N) is 1. The molecular formula is C34H35NO6. The summed E-state index contributed by atoms with van der Waals surface area (Å²) in [6, 6.07) is 25.0. The number of amides is 2. The van der Waals surface area contributed by atoms with Crippen LogP contribution >= 0.6 is 0 Å². The summed E-state index contributed by atoms with van der Waals surface area (Å²) in [7, 11) is 0. The molecule has 41 heavy (non-hydrogen) atoms. The van der Waals surface area contributed by atoms with Gasteiger partial charge in [-0.05, 0) is 79.3 Å². The van der Waals surface area contributed by atoms with Crippen molar-refractivity contribution in [2.45, 2.75) is 32.3 Å². The highest BCUT2D eigenvalue weighted by molar-refractivity contribution is 6.22. The first-order chi connectivity index (χ1) is 19.9. The summed E-state index contributed by atoms with van der Waals surface area (Å²) >= 11 is 0. The van der Waals surface area contributed by atoms with Crippen molar-refractivity contribution in [1.82, 2.24) is 0 Å². The molecule has 7 heteroatoms. The van der Waals surface area contributed by atoms with E-state index >= 15 is 0 Å². The van der Waals surface area contributed by atoms with Crippen molar-refractivity contribution >= 4 is 23.6 Å². The van der Waals surface area contributed by atoms with Gasteiger partial charge in [0.05, 0.1) is 30.2 Å². The number of ether oxygens (including phenoxy) is 1. The summed E-state index contributed by atoms with van der Waals surface area (Å²) in [5, 5.41) is 31.7. The highest BCUT2D eigenvalue weighted by atomic mass is 16.5. The van der Waals surface area contributed by atoms with Crippen LogP contribution in [0.25, 0.3) is 6.08 Å². The second kappa shape index (κ2) is 12.5. The van der Waals surface area contributed by atoms with Gasteiger partial charge in [-0.2, -0.15) is 0 Å². The van der Waals surface area contributed by atoms with Crippen LogP contribution in [0, 0.1) is 17.8 Å². The molecule has 3 aromatic carbocycles. The molecule has 7 nitrogen and oxygen atoms in total. The zero-order valence-electron chi connectivity index (χ0n) is 23.0. The van der Waals surface area contributed by atoms with Crippen LogP contribution in [0.2, 0.25) is 0 Å². The summed E-state index contributed by atoms with van der Waals surface area (Å²) in [5.41, 5.74) is 3.83. The molecule has 2 amide bonds. The van der Waals surface area contributed by atoms with E-state index in [4.69, 9.17) is 4.74 Å². The Morgan fingerprint density at radius 2 is 1.63 bits per heavy atom. The minimum atomic E-state index is -0.931. The van der Waals surface area contributed by atoms with Crippen molar-refractivity contribution in [2.24, 2.45) is 17.8 Å². The maximum Gasteiger partial charge on any atom is 0.238 e. The van der Waals surface area contributed by atoms with E-state index in [-0.39, 0.29) is 37.2 Å². The topological polar surface area (TPSA) is 107 Å². The minimum Gasteiger partial charge on any atom is -0.508 e. The third-order valence-electron chi connectivity index (χ3n) is 8.03. The maximum absolute atomic E-state index is 13.7. The highest BCUT2D eigenvalue weighted by Crippen LogP contribution is 2.47. The Bertz CT molecular complexity index is 1430. The van der Waals surface area contributed by atoms with Gasteiger partial charge < -0.3 is 20.1 Å². The van der Waals surface area contributed by atoms with Crippen molar-refractivity contribution in [3.63, 3.8) is 0 Å². The van der Waals surface area contributed by atoms with Gasteiger partial charge in [0.25, 0.3) is 0 Å². The van der Waals surface area contributed by atoms with E-state index in [1.54, 1.807) is 36.4 Å². The molecule has 0 spiro atoms. The number of aliphatic hydroxyl groups is 2. The molecule has 1 fully saturated rings. The number of fused-ring (bicyclic) bond motifs is 1. The number of phenolic OH excluding ortho intramolecular Hbond substituents is 1. The van der Waals surface area contributed by atoms with E-state index in [2.05, 4.69) is 0 Å². The molecule has 1 heterocycles. The predicted octanol–water partition coefficient (Wildman–Crippen LogP) is 5.13. The Morgan fingerprint density at radius 1 is 0.976 bits per heavy atom. The summed E-state index contributed by atoms with van der Waals surface area (Å²) in [5.74, 6) is -1.88. The first-order valence-electron chi connectivity index (χ1n) is 13.9. The van der Waals surface area contributed by atoms with E-state index < -0.39 is 23.9 Å². The molecular weight excluding hydrogens is 518 g/mol. The summed E-state index contributed by atoms with van der Waals surface area (Å²) in [4.78, 5) is 28.5. The molecule has 1 aliphatic heterocycles. The van der Waals surface area contributed by atoms with Gasteiger partial charge in [-0.3, -0.25) is 14.5 Å². The van der Waals surface area contributed by atoms with Crippen LogP contribution in [0.3, 0.4) is 0 Å². The third-order valence-corrected chi connectivity index (χ3v) is 8.03. The minimum absolute atomic E-state index is 0.144. The average Bonchev–Trinajstić information content (AvgIpc) is 3.25. The molecule has 1 saturated heterocycles. The van der Waals surface area contributed by atoms with Gasteiger partial charge in [-0.1, -0.05) is 60.2 Å². The first kappa shape index (κ1) is 28.3. The average molecular weight is 554 g/mol. The largest absolute Gasteiger partial charge is 0.508 e. The van der Waals surface area contributed by atoms with Crippen LogP contribution in [-0.2, 0) is 9.59 Å². The molecule has 1 aliphatic carbocycles. The Balaban J connectivity index is 1.43. The number of hydrogen-bond acceptors (Lipinski definition) is 6. The Kier molecular flexibility index (Phi) is 8.67. The standard InChI is InChI=1S/C34H35NO6/c1-22(18-23-13-15-26(37)16-14-23)12-17-30(38)31-24(21-41-27-10-6-3-7-11-27)19-28-32(29(31)20-36)34(40)35(33(28)39)25-8-4-2-5-9-25/h2-11,13-16,18,28-30,32,36-38H,12,17,19-21H2,1H3/b22-18+/t28-,29+,30-,32-/m1/s1. The molecule has 0 saturated carbocycles. The quantitative estimate of drug-likeness (QED) is 0.237. The van der Waals surface area contributed by atoms with Gasteiger partial charge in [0.2, 0.25) is 11.8 Å². The van der Waals surface area contributed by atoms with Crippen molar-refractivity contribution in [2.75, 3.05) is 18.1 Å². The van der Waals surface area contributed by atoms with E-state index in [1.807, 2.05) is 61.5 Å². The summed E-state index contributed by atoms with van der Waals surface area (Å²) in [6.45, 7) is 1.75. The number of carbonyl (C=O) groups is 2. The van der Waals surface area contributed by atoms with E-state index in [0.29, 0.717) is 29.9 Å². The molecule has 3 N–H and O–H groups in total. The number of aromatic hydroxyl groups is 1. The number of benzene rings is 3. The van der Waals surface area contributed by atoms with E-state index in [1.165, 1.54) is 4.90 Å². The molecule has 5 rings (SSSR count). The molecule has 0 aromatic heterocycles. The van der Waals surface area contributed by atoms with Gasteiger partial charge in [0, 0.05) is 5.92 Å². The number of allylic oxidation sites excluding steroid dienone is 1. The molecule has 0 unspecified atom stereocenters. The van der Waals surface area contributed by atoms with Gasteiger partial charge in [-0.15, -0.1) is 0 Å². The summed E-state index contributed by atoms with van der Waals surface area (Å²) in [6.07, 6.45) is 2.30. The molecule has 4 atom stereocenters. The Hall–Kier alpha value is -4.20. The van der Waals surface area contributed by atoms with Crippen molar-refractivity contribution in [1.29, 1.82) is 0 Å². The Labute approximate surface area is 240 Å². The van der Waals surface area contributed by atoms with Crippen molar-refractivity contribution < 1.29 is 29.6 Å². The smallest absolute Gasteiger partial charge is 0.238 e. The lowest BCUT2D eigenvalue weighted by Crippen LogP contribution is -2.40. The maximum atomic E-state index is 13.7. The zero-order chi connectivity index (χ0) is 28.9. The van der Waals surface area contributed by atoms with Crippen LogP contribution in [-0.4, -0.2) is 46.5 Å². The molecule has 212 valence electrons. The number of para-hydroxylation sites is 2. The van der Waals surface area contributed by atoms with Crippen LogP contribution in [0.4, 0.5) is 5.69 Å². The van der Waals surface area contributed by atoms with Crippen LogP contribution in [0.1, 0.15) is 31.7 Å². The summed E-state index contributed by atoms with van der Waals surface area (Å²) < 4.78 is 6.06. The van der Waals surface area contributed by atoms with Gasteiger partial charge in [-0.25, -0.2) is 0 Å². The van der Waals surface area contributed by atoms with Gasteiger partial charge in [0.15, 0.2) is 0 Å². The van der Waals surface area contributed by atoms with Crippen LogP contribution in [0.15, 0.2) is 102 Å². The molecule has 2 aliphatic rings. The fourth-order valence-electron chi connectivity index (χ4n) is 6.06. The van der Waals surface area contributed by atoms with Gasteiger partial charge in [0.1, 0.15) is 18.1 Å². The third kappa shape index (κ3) is 6.11. The second-order valence-electron chi connectivity index (χ2n) is 10.8. The lowest BCUT2D eigenvalue weighted by molar-refractivity contribution is -0.123. The van der Waals surface area contributed by atoms with Crippen LogP contribution in [0.5, 0.6) is 11.5 Å². The number of imide groups is 1. The zero-order valence-corrected chi connectivity index (χ0v) is 23.0. The van der Waals surface area contributed by atoms with E-state index in [9.17, 15) is 24.9 Å². The lowest BCUT2D eigenvalue weighted by atomic mass is 9.68. The highest BCUT2D eigenvalue weighted by Gasteiger charge is 2.55. The molecule has 0 radical (unpaired) electrons. The predicted molar refractivity (Wildman–Crippen MR) is 157 cm³/mol. The fraction of sp³-hybridized carbons (Fsp3) is 0.294. The number of rotatable bonds is 10. The Morgan fingerprint density at radius 3 is 2.29 bits per heavy atom.